The Morgan fingerprint density at radius 2 is 1.93 bits per heavy atom. The van der Waals surface area contributed by atoms with Crippen LogP contribution in [0.2, 0.25) is 0 Å². The van der Waals surface area contributed by atoms with E-state index in [0.29, 0.717) is 24.5 Å². The van der Waals surface area contributed by atoms with Crippen molar-refractivity contribution in [3.8, 4) is 5.75 Å². The Bertz CT molecular complexity index is 773. The minimum absolute atomic E-state index is 0.0220. The number of rotatable bonds is 6. The van der Waals surface area contributed by atoms with Crippen LogP contribution < -0.4 is 15.0 Å². The molecule has 8 heteroatoms. The third-order valence-electron chi connectivity index (χ3n) is 5.67. The summed E-state index contributed by atoms with van der Waals surface area (Å²) in [6.07, 6.45) is 3.19. The van der Waals surface area contributed by atoms with Crippen molar-refractivity contribution in [2.45, 2.75) is 45.6 Å². The van der Waals surface area contributed by atoms with Crippen molar-refractivity contribution in [2.75, 3.05) is 31.1 Å². The van der Waals surface area contributed by atoms with Crippen LogP contribution >= 0.6 is 15.9 Å². The molecule has 1 aromatic carbocycles. The summed E-state index contributed by atoms with van der Waals surface area (Å²) >= 11 is 3.38. The van der Waals surface area contributed by atoms with Crippen LogP contribution in [0.5, 0.6) is 5.75 Å². The second-order valence-electron chi connectivity index (χ2n) is 7.56. The van der Waals surface area contributed by atoms with Crippen LogP contribution in [0.25, 0.3) is 0 Å². The lowest BCUT2D eigenvalue weighted by Crippen LogP contribution is -2.51. The Morgan fingerprint density at radius 3 is 2.59 bits per heavy atom. The Kier molecular flexibility index (Phi) is 7.16. The van der Waals surface area contributed by atoms with E-state index < -0.39 is 0 Å². The van der Waals surface area contributed by atoms with Crippen LogP contribution in [0.3, 0.4) is 0 Å². The summed E-state index contributed by atoms with van der Waals surface area (Å²) in [7, 11) is 0. The van der Waals surface area contributed by atoms with Gasteiger partial charge in [-0.05, 0) is 43.9 Å². The largest absolute Gasteiger partial charge is 0.482 e. The van der Waals surface area contributed by atoms with Gasteiger partial charge in [-0.3, -0.25) is 19.3 Å². The number of benzene rings is 1. The summed E-state index contributed by atoms with van der Waals surface area (Å²) in [5, 5.41) is 3.02. The molecule has 7 nitrogen and oxygen atoms in total. The average Bonchev–Trinajstić information content (AvgIpc) is 2.71. The zero-order valence-electron chi connectivity index (χ0n) is 16.9. The number of halogens is 1. The number of carbonyl (C=O) groups excluding carboxylic acids is 3. The van der Waals surface area contributed by atoms with E-state index in [1.165, 1.54) is 4.90 Å². The van der Waals surface area contributed by atoms with Crippen molar-refractivity contribution in [2.24, 2.45) is 5.92 Å². The van der Waals surface area contributed by atoms with E-state index >= 15 is 0 Å². The number of ether oxygens (including phenoxy) is 1. The molecule has 1 fully saturated rings. The SMILES string of the molecule is CCC(CC)C(=O)N1CCC(NC(=O)CN2C(=O)COc3cc(Br)ccc32)CC1. The van der Waals surface area contributed by atoms with Crippen molar-refractivity contribution in [1.29, 1.82) is 0 Å². The summed E-state index contributed by atoms with van der Waals surface area (Å²) < 4.78 is 6.31. The molecule has 2 heterocycles. The molecule has 0 spiro atoms. The normalized spacial score (nSPS) is 17.2. The maximum atomic E-state index is 12.6. The van der Waals surface area contributed by atoms with Crippen molar-refractivity contribution in [3.63, 3.8) is 0 Å². The second-order valence-corrected chi connectivity index (χ2v) is 8.48. The number of nitrogens with one attached hydrogen (secondary N) is 1. The van der Waals surface area contributed by atoms with E-state index in [4.69, 9.17) is 4.74 Å². The molecule has 0 atom stereocenters. The standard InChI is InChI=1S/C21H28BrN3O4/c1-3-14(4-2)21(28)24-9-7-16(8-10-24)23-19(26)12-25-17-6-5-15(22)11-18(17)29-13-20(25)27/h5-6,11,14,16H,3-4,7-10,12-13H2,1-2H3,(H,23,26). The topological polar surface area (TPSA) is 79.0 Å². The molecule has 3 rings (SSSR count). The highest BCUT2D eigenvalue weighted by Gasteiger charge is 2.30. The van der Waals surface area contributed by atoms with E-state index in [-0.39, 0.29) is 42.8 Å². The van der Waals surface area contributed by atoms with Crippen LogP contribution in [0, 0.1) is 5.92 Å². The molecule has 0 saturated carbocycles. The molecule has 158 valence electrons. The van der Waals surface area contributed by atoms with Gasteiger partial charge in [0.15, 0.2) is 6.61 Å². The number of carbonyl (C=O) groups is 3. The predicted octanol–water partition coefficient (Wildman–Crippen LogP) is 2.72. The van der Waals surface area contributed by atoms with Gasteiger partial charge in [-0.15, -0.1) is 0 Å². The molecule has 0 bridgehead atoms. The summed E-state index contributed by atoms with van der Waals surface area (Å²) in [4.78, 5) is 40.7. The summed E-state index contributed by atoms with van der Waals surface area (Å²) in [6, 6.07) is 5.40. The third kappa shape index (κ3) is 5.10. The number of piperidine rings is 1. The first-order chi connectivity index (χ1) is 13.9. The van der Waals surface area contributed by atoms with Gasteiger partial charge in [-0.1, -0.05) is 29.8 Å². The van der Waals surface area contributed by atoms with Gasteiger partial charge in [-0.25, -0.2) is 0 Å². The number of likely N-dealkylation sites (tertiary alicyclic amines) is 1. The molecule has 3 amide bonds. The summed E-state index contributed by atoms with van der Waals surface area (Å²) in [6.45, 7) is 5.30. The monoisotopic (exact) mass is 465 g/mol. The molecule has 0 unspecified atom stereocenters. The number of fused-ring (bicyclic) bond motifs is 1. The first-order valence-corrected chi connectivity index (χ1v) is 11.0. The first-order valence-electron chi connectivity index (χ1n) is 10.2. The van der Waals surface area contributed by atoms with Crippen LogP contribution in [-0.2, 0) is 14.4 Å². The van der Waals surface area contributed by atoms with Gasteiger partial charge in [0, 0.05) is 29.5 Å². The molecule has 29 heavy (non-hydrogen) atoms. The molecule has 0 aliphatic carbocycles. The van der Waals surface area contributed by atoms with E-state index in [2.05, 4.69) is 21.2 Å². The predicted molar refractivity (Wildman–Crippen MR) is 114 cm³/mol. The fraction of sp³-hybridized carbons (Fsp3) is 0.571. The maximum absolute atomic E-state index is 12.6. The molecule has 0 aromatic heterocycles. The lowest BCUT2D eigenvalue weighted by Gasteiger charge is -2.35. The molecule has 2 aliphatic heterocycles. The Balaban J connectivity index is 1.53. The van der Waals surface area contributed by atoms with Gasteiger partial charge >= 0.3 is 0 Å². The number of hydrogen-bond acceptors (Lipinski definition) is 4. The maximum Gasteiger partial charge on any atom is 0.265 e. The van der Waals surface area contributed by atoms with E-state index in [0.717, 1.165) is 30.2 Å². The lowest BCUT2D eigenvalue weighted by atomic mass is 9.98. The van der Waals surface area contributed by atoms with Crippen molar-refractivity contribution in [1.82, 2.24) is 10.2 Å². The van der Waals surface area contributed by atoms with Gasteiger partial charge in [0.05, 0.1) is 5.69 Å². The molecule has 1 aromatic rings. The Hall–Kier alpha value is -2.09. The highest BCUT2D eigenvalue weighted by molar-refractivity contribution is 9.10. The van der Waals surface area contributed by atoms with Gasteiger partial charge in [-0.2, -0.15) is 0 Å². The van der Waals surface area contributed by atoms with Crippen molar-refractivity contribution >= 4 is 39.3 Å². The van der Waals surface area contributed by atoms with Crippen LogP contribution in [-0.4, -0.2) is 54.9 Å². The van der Waals surface area contributed by atoms with Gasteiger partial charge in [0.1, 0.15) is 12.3 Å². The summed E-state index contributed by atoms with van der Waals surface area (Å²) in [5.74, 6) is 0.467. The molecule has 1 N–H and O–H groups in total. The van der Waals surface area contributed by atoms with Crippen molar-refractivity contribution < 1.29 is 19.1 Å². The average molecular weight is 466 g/mol. The van der Waals surface area contributed by atoms with Gasteiger partial charge in [0.25, 0.3) is 5.91 Å². The zero-order chi connectivity index (χ0) is 21.0. The van der Waals surface area contributed by atoms with Crippen molar-refractivity contribution in [3.05, 3.63) is 22.7 Å². The van der Waals surface area contributed by atoms with Gasteiger partial charge < -0.3 is 15.0 Å². The highest BCUT2D eigenvalue weighted by Crippen LogP contribution is 2.34. The Labute approximate surface area is 179 Å². The third-order valence-corrected chi connectivity index (χ3v) is 6.17. The number of hydrogen-bond donors (Lipinski definition) is 1. The lowest BCUT2D eigenvalue weighted by molar-refractivity contribution is -0.137. The quantitative estimate of drug-likeness (QED) is 0.700. The van der Waals surface area contributed by atoms with Crippen LogP contribution in [0.15, 0.2) is 22.7 Å². The second kappa shape index (κ2) is 9.61. The fourth-order valence-electron chi connectivity index (χ4n) is 3.91. The number of nitrogens with zero attached hydrogens (tertiary/aromatic N) is 2. The molecule has 1 saturated heterocycles. The smallest absolute Gasteiger partial charge is 0.265 e. The number of amides is 3. The number of anilines is 1. The first kappa shape index (κ1) is 21.6. The molecular formula is C21H28BrN3O4. The summed E-state index contributed by atoms with van der Waals surface area (Å²) in [5.41, 5.74) is 0.602. The van der Waals surface area contributed by atoms with Gasteiger partial charge in [0.2, 0.25) is 11.8 Å². The van der Waals surface area contributed by atoms with Crippen LogP contribution in [0.4, 0.5) is 5.69 Å². The fourth-order valence-corrected chi connectivity index (χ4v) is 4.25. The van der Waals surface area contributed by atoms with E-state index in [9.17, 15) is 14.4 Å². The van der Waals surface area contributed by atoms with Crippen LogP contribution in [0.1, 0.15) is 39.5 Å². The Morgan fingerprint density at radius 1 is 1.24 bits per heavy atom. The molecular weight excluding hydrogens is 438 g/mol. The molecule has 0 radical (unpaired) electrons. The highest BCUT2D eigenvalue weighted by atomic mass is 79.9. The van der Waals surface area contributed by atoms with E-state index in [1.807, 2.05) is 24.8 Å². The zero-order valence-corrected chi connectivity index (χ0v) is 18.5. The minimum Gasteiger partial charge on any atom is -0.482 e. The van der Waals surface area contributed by atoms with E-state index in [1.54, 1.807) is 12.1 Å². The molecule has 2 aliphatic rings. The minimum atomic E-state index is -0.236.